The second kappa shape index (κ2) is 2.96. The van der Waals surface area contributed by atoms with E-state index in [1.165, 1.54) is 40.4 Å². The zero-order valence-electron chi connectivity index (χ0n) is 8.36. The van der Waals surface area contributed by atoms with Crippen molar-refractivity contribution in [1.29, 1.82) is 0 Å². The summed E-state index contributed by atoms with van der Waals surface area (Å²) in [6, 6.07) is 2.43. The number of benzene rings is 1. The average Bonchev–Trinajstić information content (AvgIpc) is 2.71. The van der Waals surface area contributed by atoms with Gasteiger partial charge in [0.15, 0.2) is 0 Å². The van der Waals surface area contributed by atoms with E-state index in [1.54, 1.807) is 11.1 Å². The van der Waals surface area contributed by atoms with E-state index < -0.39 is 0 Å². The molecule has 0 fully saturated rings. The van der Waals surface area contributed by atoms with Crippen molar-refractivity contribution >= 4 is 22.0 Å². The number of allylic oxidation sites excluding steroid dienone is 1. The Labute approximate surface area is 93.2 Å². The van der Waals surface area contributed by atoms with E-state index in [-0.39, 0.29) is 0 Å². The summed E-state index contributed by atoms with van der Waals surface area (Å²) in [4.78, 5) is 0. The summed E-state index contributed by atoms with van der Waals surface area (Å²) in [6.45, 7) is 2.22. The molecule has 0 atom stereocenters. The predicted molar refractivity (Wildman–Crippen MR) is 63.5 cm³/mol. The van der Waals surface area contributed by atoms with Crippen molar-refractivity contribution in [2.75, 3.05) is 0 Å². The van der Waals surface area contributed by atoms with Crippen LogP contribution in [0.5, 0.6) is 0 Å². The fourth-order valence-electron chi connectivity index (χ4n) is 2.67. The van der Waals surface area contributed by atoms with E-state index in [9.17, 15) is 0 Å². The molecule has 0 saturated carbocycles. The van der Waals surface area contributed by atoms with Gasteiger partial charge in [-0.05, 0) is 70.8 Å². The lowest BCUT2D eigenvalue weighted by Crippen LogP contribution is -1.91. The highest BCUT2D eigenvalue weighted by Crippen LogP contribution is 2.38. The topological polar surface area (TPSA) is 0 Å². The summed E-state index contributed by atoms with van der Waals surface area (Å²) in [5.74, 6) is 0. The van der Waals surface area contributed by atoms with Gasteiger partial charge in [0.05, 0.1) is 0 Å². The maximum Gasteiger partial charge on any atom is 0.0285 e. The predicted octanol–water partition coefficient (Wildman–Crippen LogP) is 3.90. The van der Waals surface area contributed by atoms with E-state index >= 15 is 0 Å². The zero-order valence-corrected chi connectivity index (χ0v) is 9.95. The van der Waals surface area contributed by atoms with Crippen LogP contribution in [0.2, 0.25) is 0 Å². The monoisotopic (exact) mass is 248 g/mol. The van der Waals surface area contributed by atoms with Crippen LogP contribution in [0.25, 0.3) is 6.08 Å². The summed E-state index contributed by atoms with van der Waals surface area (Å²) < 4.78 is 1.37. The van der Waals surface area contributed by atoms with Crippen molar-refractivity contribution in [3.63, 3.8) is 0 Å². The zero-order chi connectivity index (χ0) is 9.71. The summed E-state index contributed by atoms with van der Waals surface area (Å²) in [5, 5.41) is 0. The van der Waals surface area contributed by atoms with Crippen LogP contribution in [0.4, 0.5) is 0 Å². The molecular weight excluding hydrogens is 236 g/mol. The number of fused-ring (bicyclic) bond motifs is 2. The first-order chi connectivity index (χ1) is 6.75. The molecule has 0 radical (unpaired) electrons. The van der Waals surface area contributed by atoms with Crippen molar-refractivity contribution in [3.8, 4) is 0 Å². The van der Waals surface area contributed by atoms with Gasteiger partial charge in [-0.15, -0.1) is 0 Å². The van der Waals surface area contributed by atoms with Gasteiger partial charge in [-0.1, -0.05) is 17.7 Å². The van der Waals surface area contributed by atoms with Crippen LogP contribution in [-0.4, -0.2) is 0 Å². The van der Waals surface area contributed by atoms with Crippen LogP contribution in [0.15, 0.2) is 16.1 Å². The molecule has 3 rings (SSSR count). The minimum atomic E-state index is 1.15. The molecule has 0 saturated heterocycles. The summed E-state index contributed by atoms with van der Waals surface area (Å²) in [6.07, 6.45) is 7.36. The Hall–Kier alpha value is -0.560. The maximum atomic E-state index is 3.77. The van der Waals surface area contributed by atoms with Gasteiger partial charge in [-0.3, -0.25) is 0 Å². The Kier molecular flexibility index (Phi) is 1.85. The van der Waals surface area contributed by atoms with Crippen molar-refractivity contribution in [1.82, 2.24) is 0 Å². The molecule has 1 aromatic carbocycles. The van der Waals surface area contributed by atoms with Gasteiger partial charge in [-0.25, -0.2) is 0 Å². The number of aryl methyl sites for hydroxylation is 1. The molecule has 2 aliphatic carbocycles. The second-order valence-corrected chi connectivity index (χ2v) is 5.22. The van der Waals surface area contributed by atoms with Gasteiger partial charge in [0.1, 0.15) is 0 Å². The SMILES string of the molecule is CC1=Cc2c(cc3c(c2Br)CCC3)C1. The van der Waals surface area contributed by atoms with Gasteiger partial charge >= 0.3 is 0 Å². The molecule has 0 aromatic heterocycles. The average molecular weight is 249 g/mol. The number of hydrogen-bond donors (Lipinski definition) is 0. The van der Waals surface area contributed by atoms with Crippen molar-refractivity contribution in [2.45, 2.75) is 32.6 Å². The van der Waals surface area contributed by atoms with Crippen LogP contribution in [0.3, 0.4) is 0 Å². The first-order valence-electron chi connectivity index (χ1n) is 5.26. The van der Waals surface area contributed by atoms with E-state index in [4.69, 9.17) is 0 Å². The second-order valence-electron chi connectivity index (χ2n) is 4.42. The molecule has 0 spiro atoms. The molecule has 14 heavy (non-hydrogen) atoms. The molecular formula is C13H13Br. The summed E-state index contributed by atoms with van der Waals surface area (Å²) >= 11 is 3.77. The Morgan fingerprint density at radius 2 is 2.07 bits per heavy atom. The Bertz CT molecular complexity index is 441. The molecule has 0 aliphatic heterocycles. The molecule has 0 bridgehead atoms. The van der Waals surface area contributed by atoms with Gasteiger partial charge in [0.25, 0.3) is 0 Å². The highest BCUT2D eigenvalue weighted by atomic mass is 79.9. The summed E-state index contributed by atoms with van der Waals surface area (Å²) in [7, 11) is 0. The Morgan fingerprint density at radius 1 is 1.21 bits per heavy atom. The quantitative estimate of drug-likeness (QED) is 0.654. The van der Waals surface area contributed by atoms with Crippen molar-refractivity contribution in [2.24, 2.45) is 0 Å². The normalized spacial score (nSPS) is 18.0. The minimum absolute atomic E-state index is 1.15. The summed E-state index contributed by atoms with van der Waals surface area (Å²) in [5.41, 5.74) is 7.61. The highest BCUT2D eigenvalue weighted by Gasteiger charge is 2.21. The standard InChI is InChI=1S/C13H13Br/c1-8-5-10-7-9-3-2-4-11(9)13(14)12(10)6-8/h6-7H,2-5H2,1H3. The lowest BCUT2D eigenvalue weighted by molar-refractivity contribution is 0.910. The van der Waals surface area contributed by atoms with Gasteiger partial charge in [0, 0.05) is 4.47 Å². The van der Waals surface area contributed by atoms with E-state index in [0.29, 0.717) is 0 Å². The van der Waals surface area contributed by atoms with Gasteiger partial charge in [0.2, 0.25) is 0 Å². The fourth-order valence-corrected chi connectivity index (χ4v) is 3.49. The third-order valence-electron chi connectivity index (χ3n) is 3.32. The first kappa shape index (κ1) is 8.72. The van der Waals surface area contributed by atoms with Crippen LogP contribution >= 0.6 is 15.9 Å². The molecule has 0 N–H and O–H groups in total. The van der Waals surface area contributed by atoms with Crippen molar-refractivity contribution < 1.29 is 0 Å². The first-order valence-corrected chi connectivity index (χ1v) is 6.05. The molecule has 0 unspecified atom stereocenters. The lowest BCUT2D eigenvalue weighted by atomic mass is 10.0. The molecule has 0 nitrogen and oxygen atoms in total. The maximum absolute atomic E-state index is 3.77. The third-order valence-corrected chi connectivity index (χ3v) is 4.22. The van der Waals surface area contributed by atoms with Crippen LogP contribution in [0.1, 0.15) is 35.6 Å². The Morgan fingerprint density at radius 3 is 2.93 bits per heavy atom. The molecule has 72 valence electrons. The molecule has 1 aromatic rings. The van der Waals surface area contributed by atoms with Gasteiger partial charge < -0.3 is 0 Å². The Balaban J connectivity index is 2.26. The van der Waals surface area contributed by atoms with E-state index in [1.807, 2.05) is 0 Å². The van der Waals surface area contributed by atoms with Crippen LogP contribution in [0, 0.1) is 0 Å². The smallest absolute Gasteiger partial charge is 0.0285 e. The highest BCUT2D eigenvalue weighted by molar-refractivity contribution is 9.10. The fraction of sp³-hybridized carbons (Fsp3) is 0.385. The number of rotatable bonds is 0. The minimum Gasteiger partial charge on any atom is -0.0683 e. The van der Waals surface area contributed by atoms with Crippen molar-refractivity contribution in [3.05, 3.63) is 38.4 Å². The van der Waals surface area contributed by atoms with Crippen LogP contribution in [-0.2, 0) is 19.3 Å². The number of halogens is 1. The largest absolute Gasteiger partial charge is 0.0683 e. The van der Waals surface area contributed by atoms with E-state index in [2.05, 4.69) is 35.0 Å². The van der Waals surface area contributed by atoms with Crippen LogP contribution < -0.4 is 0 Å². The molecule has 0 heterocycles. The van der Waals surface area contributed by atoms with Gasteiger partial charge in [-0.2, -0.15) is 0 Å². The molecule has 0 amide bonds. The number of hydrogen-bond acceptors (Lipinski definition) is 0. The third kappa shape index (κ3) is 1.12. The lowest BCUT2D eigenvalue weighted by Gasteiger charge is -2.08. The molecule has 1 heteroatoms. The molecule has 2 aliphatic rings. The van der Waals surface area contributed by atoms with E-state index in [0.717, 1.165) is 6.42 Å².